The molecule has 0 spiro atoms. The van der Waals surface area contributed by atoms with Crippen LogP contribution < -0.4 is 5.32 Å². The van der Waals surface area contributed by atoms with E-state index in [9.17, 15) is 0 Å². The van der Waals surface area contributed by atoms with E-state index < -0.39 is 0 Å². The van der Waals surface area contributed by atoms with Crippen molar-refractivity contribution in [2.75, 3.05) is 19.6 Å². The minimum atomic E-state index is 0.770. The highest BCUT2D eigenvalue weighted by atomic mass is 15.2. The van der Waals surface area contributed by atoms with Crippen LogP contribution in [-0.4, -0.2) is 36.6 Å². The maximum atomic E-state index is 3.55. The summed E-state index contributed by atoms with van der Waals surface area (Å²) in [6.45, 7) is 10.7. The van der Waals surface area contributed by atoms with Crippen LogP contribution in [0.3, 0.4) is 0 Å². The van der Waals surface area contributed by atoms with E-state index in [4.69, 9.17) is 0 Å². The van der Waals surface area contributed by atoms with E-state index in [2.05, 4.69) is 31.0 Å². The van der Waals surface area contributed by atoms with Crippen LogP contribution in [0.1, 0.15) is 65.7 Å². The Hall–Kier alpha value is -0.0800. The normalized spacial score (nSPS) is 22.9. The highest BCUT2D eigenvalue weighted by Crippen LogP contribution is 2.18. The van der Waals surface area contributed by atoms with Crippen LogP contribution in [0.5, 0.6) is 0 Å². The molecular formula is C15H32N2. The van der Waals surface area contributed by atoms with Crippen molar-refractivity contribution in [3.8, 4) is 0 Å². The molecule has 1 aliphatic heterocycles. The number of hydrogen-bond donors (Lipinski definition) is 1. The van der Waals surface area contributed by atoms with Gasteiger partial charge in [-0.2, -0.15) is 0 Å². The molecule has 0 amide bonds. The maximum Gasteiger partial charge on any atom is 0.0223 e. The molecule has 0 aromatic rings. The van der Waals surface area contributed by atoms with E-state index in [-0.39, 0.29) is 0 Å². The SMILES string of the molecule is CCCCCC(C)N(CCC)C1CCCNC1. The zero-order chi connectivity index (χ0) is 12.5. The summed E-state index contributed by atoms with van der Waals surface area (Å²) >= 11 is 0. The summed E-state index contributed by atoms with van der Waals surface area (Å²) in [5.74, 6) is 0. The van der Waals surface area contributed by atoms with E-state index >= 15 is 0 Å². The van der Waals surface area contributed by atoms with Crippen molar-refractivity contribution in [1.82, 2.24) is 10.2 Å². The van der Waals surface area contributed by atoms with Gasteiger partial charge >= 0.3 is 0 Å². The van der Waals surface area contributed by atoms with Gasteiger partial charge in [-0.1, -0.05) is 33.1 Å². The molecule has 0 aliphatic carbocycles. The lowest BCUT2D eigenvalue weighted by Crippen LogP contribution is -2.49. The van der Waals surface area contributed by atoms with Crippen LogP contribution in [0.15, 0.2) is 0 Å². The molecule has 1 heterocycles. The summed E-state index contributed by atoms with van der Waals surface area (Å²) in [6, 6.07) is 1.56. The van der Waals surface area contributed by atoms with Crippen LogP contribution in [0.25, 0.3) is 0 Å². The van der Waals surface area contributed by atoms with Crippen molar-refractivity contribution in [2.45, 2.75) is 77.8 Å². The molecule has 2 unspecified atom stereocenters. The molecule has 0 saturated carbocycles. The predicted octanol–water partition coefficient (Wildman–Crippen LogP) is 3.42. The van der Waals surface area contributed by atoms with Gasteiger partial charge in [-0.25, -0.2) is 0 Å². The molecule has 0 aromatic carbocycles. The van der Waals surface area contributed by atoms with Gasteiger partial charge in [0.15, 0.2) is 0 Å². The Balaban J connectivity index is 2.38. The second-order valence-corrected chi connectivity index (χ2v) is 5.58. The smallest absolute Gasteiger partial charge is 0.0223 e. The molecule has 2 atom stereocenters. The Morgan fingerprint density at radius 3 is 2.65 bits per heavy atom. The molecule has 1 saturated heterocycles. The Kier molecular flexibility index (Phi) is 7.87. The van der Waals surface area contributed by atoms with E-state index in [1.165, 1.54) is 64.6 Å². The zero-order valence-corrected chi connectivity index (χ0v) is 12.2. The highest BCUT2D eigenvalue weighted by Gasteiger charge is 2.23. The van der Waals surface area contributed by atoms with Crippen LogP contribution in [-0.2, 0) is 0 Å². The van der Waals surface area contributed by atoms with Crippen LogP contribution in [0.2, 0.25) is 0 Å². The second kappa shape index (κ2) is 8.93. The fourth-order valence-corrected chi connectivity index (χ4v) is 2.99. The highest BCUT2D eigenvalue weighted by molar-refractivity contribution is 4.81. The lowest BCUT2D eigenvalue weighted by atomic mass is 10.0. The van der Waals surface area contributed by atoms with Gasteiger partial charge in [0.2, 0.25) is 0 Å². The number of piperidine rings is 1. The van der Waals surface area contributed by atoms with Gasteiger partial charge in [-0.05, 0) is 45.7 Å². The minimum absolute atomic E-state index is 0.770. The van der Waals surface area contributed by atoms with E-state index in [1.54, 1.807) is 0 Å². The topological polar surface area (TPSA) is 15.3 Å². The first-order valence-corrected chi connectivity index (χ1v) is 7.76. The Bertz CT molecular complexity index is 176. The van der Waals surface area contributed by atoms with Gasteiger partial charge in [0.05, 0.1) is 0 Å². The van der Waals surface area contributed by atoms with E-state index in [1.807, 2.05) is 0 Å². The maximum absolute atomic E-state index is 3.55. The van der Waals surface area contributed by atoms with E-state index in [0.29, 0.717) is 0 Å². The molecule has 0 aromatic heterocycles. The fourth-order valence-electron chi connectivity index (χ4n) is 2.99. The number of unbranched alkanes of at least 4 members (excludes halogenated alkanes) is 2. The summed E-state index contributed by atoms with van der Waals surface area (Å²) in [5.41, 5.74) is 0. The number of hydrogen-bond acceptors (Lipinski definition) is 2. The molecule has 1 aliphatic rings. The van der Waals surface area contributed by atoms with Crippen LogP contribution in [0.4, 0.5) is 0 Å². The zero-order valence-electron chi connectivity index (χ0n) is 12.2. The average Bonchev–Trinajstić information content (AvgIpc) is 2.37. The molecular weight excluding hydrogens is 208 g/mol. The second-order valence-electron chi connectivity index (χ2n) is 5.58. The van der Waals surface area contributed by atoms with Gasteiger partial charge in [0, 0.05) is 18.6 Å². The summed E-state index contributed by atoms with van der Waals surface area (Å²) in [6.07, 6.45) is 9.55. The van der Waals surface area contributed by atoms with Crippen molar-refractivity contribution in [1.29, 1.82) is 0 Å². The van der Waals surface area contributed by atoms with Crippen molar-refractivity contribution in [2.24, 2.45) is 0 Å². The summed E-state index contributed by atoms with van der Waals surface area (Å²) in [4.78, 5) is 2.77. The van der Waals surface area contributed by atoms with Crippen LogP contribution >= 0.6 is 0 Å². The summed E-state index contributed by atoms with van der Waals surface area (Å²) in [5, 5.41) is 3.55. The molecule has 102 valence electrons. The van der Waals surface area contributed by atoms with Gasteiger partial charge < -0.3 is 5.32 Å². The molecule has 1 fully saturated rings. The molecule has 0 bridgehead atoms. The van der Waals surface area contributed by atoms with Crippen molar-refractivity contribution in [3.63, 3.8) is 0 Å². The van der Waals surface area contributed by atoms with Gasteiger partial charge in [0.25, 0.3) is 0 Å². The third kappa shape index (κ3) is 5.39. The lowest BCUT2D eigenvalue weighted by molar-refractivity contribution is 0.113. The third-order valence-corrected chi connectivity index (χ3v) is 4.01. The van der Waals surface area contributed by atoms with Crippen molar-refractivity contribution in [3.05, 3.63) is 0 Å². The van der Waals surface area contributed by atoms with Gasteiger partial charge in [0.1, 0.15) is 0 Å². The van der Waals surface area contributed by atoms with Crippen LogP contribution in [0, 0.1) is 0 Å². The first kappa shape index (κ1) is 15.0. The summed E-state index contributed by atoms with van der Waals surface area (Å²) < 4.78 is 0. The monoisotopic (exact) mass is 240 g/mol. The molecule has 0 radical (unpaired) electrons. The minimum Gasteiger partial charge on any atom is -0.315 e. The van der Waals surface area contributed by atoms with Gasteiger partial charge in [-0.15, -0.1) is 0 Å². The number of rotatable bonds is 8. The first-order chi connectivity index (χ1) is 8.29. The summed E-state index contributed by atoms with van der Waals surface area (Å²) in [7, 11) is 0. The quantitative estimate of drug-likeness (QED) is 0.654. The molecule has 17 heavy (non-hydrogen) atoms. The molecule has 2 nitrogen and oxygen atoms in total. The van der Waals surface area contributed by atoms with Crippen molar-refractivity contribution >= 4 is 0 Å². The fraction of sp³-hybridized carbons (Fsp3) is 1.00. The largest absolute Gasteiger partial charge is 0.315 e. The van der Waals surface area contributed by atoms with Gasteiger partial charge in [-0.3, -0.25) is 4.90 Å². The molecule has 1 N–H and O–H groups in total. The lowest BCUT2D eigenvalue weighted by Gasteiger charge is -2.39. The standard InChI is InChI=1S/C15H32N2/c1-4-6-7-9-14(3)17(12-5-2)15-10-8-11-16-13-15/h14-16H,4-13H2,1-3H3. The number of nitrogens with one attached hydrogen (secondary N) is 1. The third-order valence-electron chi connectivity index (χ3n) is 4.01. The first-order valence-electron chi connectivity index (χ1n) is 7.76. The average molecular weight is 240 g/mol. The predicted molar refractivity (Wildman–Crippen MR) is 76.5 cm³/mol. The van der Waals surface area contributed by atoms with Crippen molar-refractivity contribution < 1.29 is 0 Å². The molecule has 2 heteroatoms. The van der Waals surface area contributed by atoms with E-state index in [0.717, 1.165) is 12.1 Å². The number of nitrogens with zero attached hydrogens (tertiary/aromatic N) is 1. The Morgan fingerprint density at radius 2 is 2.06 bits per heavy atom. The Morgan fingerprint density at radius 1 is 1.24 bits per heavy atom. The Labute approximate surface area is 108 Å². The molecule has 1 rings (SSSR count).